The van der Waals surface area contributed by atoms with Crippen molar-refractivity contribution < 1.29 is 4.79 Å². The Balaban J connectivity index is 1.63. The number of imidazole rings is 1. The van der Waals surface area contributed by atoms with Gasteiger partial charge in [-0.05, 0) is 51.3 Å². The van der Waals surface area contributed by atoms with Crippen molar-refractivity contribution in [2.45, 2.75) is 52.2 Å². The SMILES string of the molecule is Cc1cccnc1CN(C(=O)c1cnc2c(c1)ncn2C1CC1)C(C)C. The van der Waals surface area contributed by atoms with Gasteiger partial charge in [0.05, 0.1) is 24.1 Å². The van der Waals surface area contributed by atoms with Crippen molar-refractivity contribution in [2.24, 2.45) is 0 Å². The van der Waals surface area contributed by atoms with Crippen molar-refractivity contribution in [3.63, 3.8) is 0 Å². The number of nitrogens with zero attached hydrogens (tertiary/aromatic N) is 5. The lowest BCUT2D eigenvalue weighted by Gasteiger charge is -2.27. The summed E-state index contributed by atoms with van der Waals surface area (Å²) in [6.45, 7) is 6.54. The topological polar surface area (TPSA) is 63.9 Å². The molecule has 1 aliphatic carbocycles. The molecule has 6 nitrogen and oxygen atoms in total. The van der Waals surface area contributed by atoms with Gasteiger partial charge in [0.2, 0.25) is 0 Å². The predicted octanol–water partition coefficient (Wildman–Crippen LogP) is 3.52. The Bertz CT molecular complexity index is 958. The van der Waals surface area contributed by atoms with Gasteiger partial charge in [-0.1, -0.05) is 6.07 Å². The van der Waals surface area contributed by atoms with E-state index in [0.717, 1.165) is 22.4 Å². The van der Waals surface area contributed by atoms with Gasteiger partial charge >= 0.3 is 0 Å². The van der Waals surface area contributed by atoms with Gasteiger partial charge in [0.15, 0.2) is 5.65 Å². The molecule has 0 atom stereocenters. The van der Waals surface area contributed by atoms with Crippen LogP contribution in [0.4, 0.5) is 0 Å². The van der Waals surface area contributed by atoms with E-state index in [9.17, 15) is 4.79 Å². The van der Waals surface area contributed by atoms with Crippen LogP contribution in [0.5, 0.6) is 0 Å². The quantitative estimate of drug-likeness (QED) is 0.707. The number of carbonyl (C=O) groups excluding carboxylic acids is 1. The minimum Gasteiger partial charge on any atom is -0.330 e. The van der Waals surface area contributed by atoms with E-state index in [1.165, 1.54) is 12.8 Å². The zero-order chi connectivity index (χ0) is 18.3. The van der Waals surface area contributed by atoms with Crippen LogP contribution in [0.3, 0.4) is 0 Å². The molecule has 0 spiro atoms. The first kappa shape index (κ1) is 16.7. The number of hydrogen-bond donors (Lipinski definition) is 0. The Hall–Kier alpha value is -2.76. The van der Waals surface area contributed by atoms with Gasteiger partial charge in [0.25, 0.3) is 5.91 Å². The summed E-state index contributed by atoms with van der Waals surface area (Å²) in [7, 11) is 0. The fraction of sp³-hybridized carbons (Fsp3) is 0.400. The Morgan fingerprint density at radius 1 is 1.31 bits per heavy atom. The third-order valence-corrected chi connectivity index (χ3v) is 4.92. The number of fused-ring (bicyclic) bond motifs is 1. The third-order valence-electron chi connectivity index (χ3n) is 4.92. The highest BCUT2D eigenvalue weighted by atomic mass is 16.2. The maximum absolute atomic E-state index is 13.1. The predicted molar refractivity (Wildman–Crippen MR) is 99.8 cm³/mol. The van der Waals surface area contributed by atoms with E-state index in [1.54, 1.807) is 12.4 Å². The van der Waals surface area contributed by atoms with E-state index < -0.39 is 0 Å². The fourth-order valence-electron chi connectivity index (χ4n) is 3.16. The van der Waals surface area contributed by atoms with Crippen LogP contribution in [0.2, 0.25) is 0 Å². The first-order chi connectivity index (χ1) is 12.5. The molecular formula is C20H23N5O. The monoisotopic (exact) mass is 349 g/mol. The molecule has 0 radical (unpaired) electrons. The molecule has 0 aromatic carbocycles. The molecule has 3 aromatic rings. The molecule has 1 amide bonds. The van der Waals surface area contributed by atoms with Crippen LogP contribution in [-0.4, -0.2) is 36.4 Å². The number of carbonyl (C=O) groups is 1. The van der Waals surface area contributed by atoms with Crippen LogP contribution in [-0.2, 0) is 6.54 Å². The van der Waals surface area contributed by atoms with Crippen LogP contribution in [0.1, 0.15) is 54.3 Å². The van der Waals surface area contributed by atoms with Crippen LogP contribution in [0.15, 0.2) is 36.9 Å². The van der Waals surface area contributed by atoms with Crippen molar-refractivity contribution in [3.8, 4) is 0 Å². The van der Waals surface area contributed by atoms with Crippen molar-refractivity contribution in [1.82, 2.24) is 24.4 Å². The molecule has 0 N–H and O–H groups in total. The number of amides is 1. The largest absolute Gasteiger partial charge is 0.330 e. The first-order valence-electron chi connectivity index (χ1n) is 9.08. The summed E-state index contributed by atoms with van der Waals surface area (Å²) in [5.41, 5.74) is 4.21. The highest BCUT2D eigenvalue weighted by Crippen LogP contribution is 2.36. The standard InChI is InChI=1S/C20H23N5O/c1-13(2)24(11-18-14(3)5-4-8-21-18)20(26)15-9-17-19(22-10-15)25(12-23-17)16-6-7-16/h4-5,8-10,12-13,16H,6-7,11H2,1-3H3. The van der Waals surface area contributed by atoms with Crippen LogP contribution in [0.25, 0.3) is 11.2 Å². The minimum absolute atomic E-state index is 0.0413. The van der Waals surface area contributed by atoms with Crippen molar-refractivity contribution in [3.05, 3.63) is 53.7 Å². The number of rotatable bonds is 5. The molecule has 134 valence electrons. The second kappa shape index (κ2) is 6.52. The lowest BCUT2D eigenvalue weighted by atomic mass is 10.1. The van der Waals surface area contributed by atoms with Gasteiger partial charge in [-0.3, -0.25) is 9.78 Å². The number of aryl methyl sites for hydroxylation is 1. The highest BCUT2D eigenvalue weighted by Gasteiger charge is 2.26. The molecule has 0 aliphatic heterocycles. The van der Waals surface area contributed by atoms with E-state index in [0.29, 0.717) is 18.2 Å². The second-order valence-electron chi connectivity index (χ2n) is 7.24. The zero-order valence-electron chi connectivity index (χ0n) is 15.4. The van der Waals surface area contributed by atoms with Gasteiger partial charge in [0, 0.05) is 24.5 Å². The van der Waals surface area contributed by atoms with E-state index in [2.05, 4.69) is 19.5 Å². The summed E-state index contributed by atoms with van der Waals surface area (Å²) in [5.74, 6) is -0.0413. The average Bonchev–Trinajstić information content (AvgIpc) is 3.39. The van der Waals surface area contributed by atoms with Gasteiger partial charge < -0.3 is 9.47 Å². The Morgan fingerprint density at radius 2 is 2.12 bits per heavy atom. The zero-order valence-corrected chi connectivity index (χ0v) is 15.4. The molecule has 0 bridgehead atoms. The van der Waals surface area contributed by atoms with E-state index in [-0.39, 0.29) is 11.9 Å². The molecule has 3 aromatic heterocycles. The van der Waals surface area contributed by atoms with Crippen LogP contribution < -0.4 is 0 Å². The molecule has 1 saturated carbocycles. The van der Waals surface area contributed by atoms with Crippen molar-refractivity contribution in [2.75, 3.05) is 0 Å². The maximum Gasteiger partial charge on any atom is 0.256 e. The molecule has 3 heterocycles. The summed E-state index contributed by atoms with van der Waals surface area (Å²) >= 11 is 0. The Labute approximate surface area is 152 Å². The first-order valence-corrected chi connectivity index (χ1v) is 9.08. The number of aromatic nitrogens is 4. The summed E-state index contributed by atoms with van der Waals surface area (Å²) in [6.07, 6.45) is 7.63. The lowest BCUT2D eigenvalue weighted by Crippen LogP contribution is -2.37. The van der Waals surface area contributed by atoms with Crippen molar-refractivity contribution >= 4 is 17.1 Å². The van der Waals surface area contributed by atoms with E-state index >= 15 is 0 Å². The number of pyridine rings is 2. The van der Waals surface area contributed by atoms with Crippen molar-refractivity contribution in [1.29, 1.82) is 0 Å². The van der Waals surface area contributed by atoms with Gasteiger partial charge in [-0.15, -0.1) is 0 Å². The number of hydrogen-bond acceptors (Lipinski definition) is 4. The third kappa shape index (κ3) is 3.07. The average molecular weight is 349 g/mol. The molecule has 0 unspecified atom stereocenters. The van der Waals surface area contributed by atoms with Gasteiger partial charge in [0.1, 0.15) is 5.52 Å². The molecular weight excluding hydrogens is 326 g/mol. The maximum atomic E-state index is 13.1. The summed E-state index contributed by atoms with van der Waals surface area (Å²) < 4.78 is 2.11. The fourth-order valence-corrected chi connectivity index (χ4v) is 3.16. The molecule has 0 saturated heterocycles. The lowest BCUT2D eigenvalue weighted by molar-refractivity contribution is 0.0687. The summed E-state index contributed by atoms with van der Waals surface area (Å²) in [6, 6.07) is 6.36. The summed E-state index contributed by atoms with van der Waals surface area (Å²) in [4.78, 5) is 28.4. The molecule has 1 aliphatic rings. The van der Waals surface area contributed by atoms with Crippen LogP contribution in [0, 0.1) is 6.92 Å². The molecule has 4 rings (SSSR count). The van der Waals surface area contributed by atoms with E-state index in [1.807, 2.05) is 50.2 Å². The highest BCUT2D eigenvalue weighted by molar-refractivity contribution is 5.96. The van der Waals surface area contributed by atoms with E-state index in [4.69, 9.17) is 0 Å². The second-order valence-corrected chi connectivity index (χ2v) is 7.24. The van der Waals surface area contributed by atoms with Gasteiger partial charge in [-0.2, -0.15) is 0 Å². The van der Waals surface area contributed by atoms with Gasteiger partial charge in [-0.25, -0.2) is 9.97 Å². The Kier molecular flexibility index (Phi) is 4.18. The minimum atomic E-state index is -0.0413. The molecule has 6 heteroatoms. The molecule has 26 heavy (non-hydrogen) atoms. The smallest absolute Gasteiger partial charge is 0.256 e. The normalized spacial score (nSPS) is 14.2. The van der Waals surface area contributed by atoms with Crippen LogP contribution >= 0.6 is 0 Å². The molecule has 1 fully saturated rings. The summed E-state index contributed by atoms with van der Waals surface area (Å²) in [5, 5.41) is 0. The Morgan fingerprint density at radius 3 is 2.81 bits per heavy atom.